The van der Waals surface area contributed by atoms with Crippen molar-refractivity contribution < 1.29 is 13.9 Å². The van der Waals surface area contributed by atoms with Gasteiger partial charge in [0.05, 0.1) is 18.4 Å². The monoisotopic (exact) mass is 347 g/mol. The Morgan fingerprint density at radius 2 is 1.92 bits per heavy atom. The Hall–Kier alpha value is -3.27. The Kier molecular flexibility index (Phi) is 5.88. The normalized spacial score (nSPS) is 11.2. The number of rotatable bonds is 7. The average molecular weight is 347 g/mol. The van der Waals surface area contributed by atoms with Crippen LogP contribution in [-0.2, 0) is 4.79 Å². The van der Waals surface area contributed by atoms with Gasteiger partial charge in [-0.05, 0) is 48.4 Å². The van der Waals surface area contributed by atoms with Gasteiger partial charge in [-0.3, -0.25) is 4.79 Å². The van der Waals surface area contributed by atoms with E-state index in [0.717, 1.165) is 16.9 Å². The van der Waals surface area contributed by atoms with Gasteiger partial charge < -0.3 is 14.5 Å². The zero-order chi connectivity index (χ0) is 18.2. The third kappa shape index (κ3) is 4.86. The fraction of sp³-hybridized carbons (Fsp3) is 0.136. The average Bonchev–Trinajstić information content (AvgIpc) is 3.17. The van der Waals surface area contributed by atoms with Crippen LogP contribution in [0.5, 0.6) is 5.75 Å². The standard InChI is InChI=1S/C22H21NO3/c1-17-7-5-10-19(15-17)26-14-12-23-22(24)21(16-20-11-6-13-25-20)18-8-3-2-4-9-18/h2-11,13,15-16H,12,14H2,1H3,(H,23,24)/b21-16+. The first kappa shape index (κ1) is 17.5. The van der Waals surface area contributed by atoms with Crippen molar-refractivity contribution >= 4 is 17.6 Å². The summed E-state index contributed by atoms with van der Waals surface area (Å²) in [5.74, 6) is 1.27. The van der Waals surface area contributed by atoms with Crippen LogP contribution in [0.1, 0.15) is 16.9 Å². The lowest BCUT2D eigenvalue weighted by atomic mass is 10.0. The van der Waals surface area contributed by atoms with Crippen LogP contribution >= 0.6 is 0 Å². The Bertz CT molecular complexity index is 867. The molecule has 0 aliphatic carbocycles. The molecule has 0 radical (unpaired) electrons. The molecule has 0 fully saturated rings. The van der Waals surface area contributed by atoms with E-state index in [1.165, 1.54) is 0 Å². The number of aryl methyl sites for hydroxylation is 1. The van der Waals surface area contributed by atoms with Crippen molar-refractivity contribution in [3.05, 3.63) is 89.9 Å². The van der Waals surface area contributed by atoms with Gasteiger partial charge in [-0.15, -0.1) is 0 Å². The van der Waals surface area contributed by atoms with Gasteiger partial charge in [0.2, 0.25) is 0 Å². The summed E-state index contributed by atoms with van der Waals surface area (Å²) in [5, 5.41) is 2.90. The van der Waals surface area contributed by atoms with Gasteiger partial charge in [0.25, 0.3) is 5.91 Å². The third-order valence-corrected chi connectivity index (χ3v) is 3.81. The molecule has 4 nitrogen and oxygen atoms in total. The molecule has 0 saturated carbocycles. The second-order valence-electron chi connectivity index (χ2n) is 5.86. The quantitative estimate of drug-likeness (QED) is 0.511. The molecule has 0 bridgehead atoms. The maximum absolute atomic E-state index is 12.7. The van der Waals surface area contributed by atoms with Gasteiger partial charge in [0, 0.05) is 0 Å². The summed E-state index contributed by atoms with van der Waals surface area (Å²) in [6, 6.07) is 21.0. The summed E-state index contributed by atoms with van der Waals surface area (Å²) in [5.41, 5.74) is 2.52. The zero-order valence-electron chi connectivity index (χ0n) is 14.6. The highest BCUT2D eigenvalue weighted by molar-refractivity contribution is 6.24. The van der Waals surface area contributed by atoms with Gasteiger partial charge in [0.15, 0.2) is 0 Å². The van der Waals surface area contributed by atoms with Crippen molar-refractivity contribution in [1.82, 2.24) is 5.32 Å². The molecule has 1 amide bonds. The molecular formula is C22H21NO3. The second kappa shape index (κ2) is 8.72. The van der Waals surface area contributed by atoms with E-state index in [1.807, 2.05) is 67.6 Å². The molecule has 0 aliphatic heterocycles. The van der Waals surface area contributed by atoms with E-state index in [1.54, 1.807) is 18.4 Å². The van der Waals surface area contributed by atoms with Crippen molar-refractivity contribution in [2.45, 2.75) is 6.92 Å². The highest BCUT2D eigenvalue weighted by Gasteiger charge is 2.12. The number of furan rings is 1. The van der Waals surface area contributed by atoms with E-state index in [9.17, 15) is 4.79 Å². The van der Waals surface area contributed by atoms with E-state index in [2.05, 4.69) is 5.32 Å². The van der Waals surface area contributed by atoms with Crippen LogP contribution in [-0.4, -0.2) is 19.1 Å². The Labute approximate surface area is 153 Å². The Balaban J connectivity index is 1.63. The Morgan fingerprint density at radius 1 is 1.08 bits per heavy atom. The molecule has 0 unspecified atom stereocenters. The lowest BCUT2D eigenvalue weighted by Gasteiger charge is -2.10. The number of hydrogen-bond acceptors (Lipinski definition) is 3. The fourth-order valence-electron chi connectivity index (χ4n) is 2.55. The van der Waals surface area contributed by atoms with Crippen molar-refractivity contribution in [3.8, 4) is 5.75 Å². The molecule has 1 N–H and O–H groups in total. The number of ether oxygens (including phenoxy) is 1. The van der Waals surface area contributed by atoms with E-state index >= 15 is 0 Å². The maximum Gasteiger partial charge on any atom is 0.252 e. The van der Waals surface area contributed by atoms with E-state index < -0.39 is 0 Å². The first-order valence-electron chi connectivity index (χ1n) is 8.51. The lowest BCUT2D eigenvalue weighted by molar-refractivity contribution is -0.115. The molecule has 2 aromatic carbocycles. The van der Waals surface area contributed by atoms with Crippen LogP contribution in [0, 0.1) is 6.92 Å². The third-order valence-electron chi connectivity index (χ3n) is 3.81. The molecular weight excluding hydrogens is 326 g/mol. The molecule has 0 spiro atoms. The van der Waals surface area contributed by atoms with Gasteiger partial charge >= 0.3 is 0 Å². The van der Waals surface area contributed by atoms with Crippen LogP contribution in [0.15, 0.2) is 77.4 Å². The van der Waals surface area contributed by atoms with Crippen LogP contribution < -0.4 is 10.1 Å². The number of hydrogen-bond donors (Lipinski definition) is 1. The zero-order valence-corrected chi connectivity index (χ0v) is 14.6. The first-order chi connectivity index (χ1) is 12.7. The minimum absolute atomic E-state index is 0.166. The molecule has 4 heteroatoms. The maximum atomic E-state index is 12.7. The summed E-state index contributed by atoms with van der Waals surface area (Å²) < 4.78 is 11.0. The SMILES string of the molecule is Cc1cccc(OCCNC(=O)/C(=C/c2ccco2)c2ccccc2)c1. The molecule has 1 aromatic heterocycles. The van der Waals surface area contributed by atoms with Crippen LogP contribution in [0.2, 0.25) is 0 Å². The molecule has 1 heterocycles. The number of carbonyl (C=O) groups is 1. The van der Waals surface area contributed by atoms with Crippen molar-refractivity contribution in [2.24, 2.45) is 0 Å². The van der Waals surface area contributed by atoms with E-state index in [0.29, 0.717) is 24.5 Å². The van der Waals surface area contributed by atoms with Crippen molar-refractivity contribution in [3.63, 3.8) is 0 Å². The van der Waals surface area contributed by atoms with Crippen LogP contribution in [0.4, 0.5) is 0 Å². The van der Waals surface area contributed by atoms with Crippen LogP contribution in [0.3, 0.4) is 0 Å². The summed E-state index contributed by atoms with van der Waals surface area (Å²) in [4.78, 5) is 12.7. The molecule has 132 valence electrons. The van der Waals surface area contributed by atoms with E-state index in [-0.39, 0.29) is 5.91 Å². The van der Waals surface area contributed by atoms with Gasteiger partial charge in [-0.1, -0.05) is 42.5 Å². The molecule has 26 heavy (non-hydrogen) atoms. The molecule has 3 rings (SSSR count). The second-order valence-corrected chi connectivity index (χ2v) is 5.86. The molecule has 0 saturated heterocycles. The topological polar surface area (TPSA) is 51.5 Å². The highest BCUT2D eigenvalue weighted by atomic mass is 16.5. The smallest absolute Gasteiger partial charge is 0.252 e. The summed E-state index contributed by atoms with van der Waals surface area (Å²) in [6.07, 6.45) is 3.33. The number of carbonyl (C=O) groups excluding carboxylic acids is 1. The van der Waals surface area contributed by atoms with Gasteiger partial charge in [-0.25, -0.2) is 0 Å². The first-order valence-corrected chi connectivity index (χ1v) is 8.51. The van der Waals surface area contributed by atoms with Crippen molar-refractivity contribution in [1.29, 1.82) is 0 Å². The lowest BCUT2D eigenvalue weighted by Crippen LogP contribution is -2.28. The van der Waals surface area contributed by atoms with Gasteiger partial charge in [0.1, 0.15) is 18.1 Å². The summed E-state index contributed by atoms with van der Waals surface area (Å²) >= 11 is 0. The molecule has 0 atom stereocenters. The predicted octanol–water partition coefficient (Wildman–Crippen LogP) is 4.32. The summed E-state index contributed by atoms with van der Waals surface area (Å²) in [6.45, 7) is 2.83. The minimum atomic E-state index is -0.166. The molecule has 0 aliphatic rings. The largest absolute Gasteiger partial charge is 0.492 e. The van der Waals surface area contributed by atoms with Crippen LogP contribution in [0.25, 0.3) is 11.6 Å². The number of benzene rings is 2. The number of nitrogens with one attached hydrogen (secondary N) is 1. The fourth-order valence-corrected chi connectivity index (χ4v) is 2.55. The molecule has 3 aromatic rings. The summed E-state index contributed by atoms with van der Waals surface area (Å²) in [7, 11) is 0. The predicted molar refractivity (Wildman–Crippen MR) is 103 cm³/mol. The van der Waals surface area contributed by atoms with E-state index in [4.69, 9.17) is 9.15 Å². The Morgan fingerprint density at radius 3 is 2.65 bits per heavy atom. The minimum Gasteiger partial charge on any atom is -0.492 e. The van der Waals surface area contributed by atoms with Crippen molar-refractivity contribution in [2.75, 3.05) is 13.2 Å². The highest BCUT2D eigenvalue weighted by Crippen LogP contribution is 2.19. The number of amides is 1. The van der Waals surface area contributed by atoms with Gasteiger partial charge in [-0.2, -0.15) is 0 Å².